The van der Waals surface area contributed by atoms with Crippen LogP contribution in [0.4, 0.5) is 0 Å². The first kappa shape index (κ1) is 20.0. The zero-order valence-corrected chi connectivity index (χ0v) is 18.4. The second-order valence-electron chi connectivity index (χ2n) is 8.08. The van der Waals surface area contributed by atoms with E-state index in [4.69, 9.17) is 0 Å². The van der Waals surface area contributed by atoms with Crippen molar-refractivity contribution in [1.29, 1.82) is 0 Å². The number of rotatable bonds is 4. The molecule has 0 unspecified atom stereocenters. The molecule has 0 aliphatic heterocycles. The Morgan fingerprint density at radius 3 is 1.81 bits per heavy atom. The van der Waals surface area contributed by atoms with E-state index < -0.39 is 0 Å². The van der Waals surface area contributed by atoms with Crippen molar-refractivity contribution in [3.63, 3.8) is 0 Å². The predicted molar refractivity (Wildman–Crippen MR) is 140 cm³/mol. The van der Waals surface area contributed by atoms with Crippen molar-refractivity contribution in [3.8, 4) is 11.1 Å². The van der Waals surface area contributed by atoms with Gasteiger partial charge < -0.3 is 0 Å². The summed E-state index contributed by atoms with van der Waals surface area (Å²) in [6, 6.07) is 36.6. The van der Waals surface area contributed by atoms with Crippen LogP contribution in [0, 0.1) is 0 Å². The highest BCUT2D eigenvalue weighted by molar-refractivity contribution is 6.19. The summed E-state index contributed by atoms with van der Waals surface area (Å²) in [4.78, 5) is 4.40. The second kappa shape index (κ2) is 8.64. The Morgan fingerprint density at radius 1 is 0.594 bits per heavy atom. The van der Waals surface area contributed by atoms with Crippen LogP contribution in [0.5, 0.6) is 0 Å². The van der Waals surface area contributed by atoms with Gasteiger partial charge in [0, 0.05) is 18.8 Å². The molecular formula is C31H25N. The number of hydrogen-bond donors (Lipinski definition) is 0. The van der Waals surface area contributed by atoms with E-state index in [0.29, 0.717) is 0 Å². The quantitative estimate of drug-likeness (QED) is 0.160. The molecule has 0 aromatic heterocycles. The second-order valence-corrected chi connectivity index (χ2v) is 8.08. The van der Waals surface area contributed by atoms with Crippen molar-refractivity contribution in [2.75, 3.05) is 7.05 Å². The Balaban J connectivity index is 1.74. The maximum atomic E-state index is 4.40. The minimum Gasteiger partial charge on any atom is -0.296 e. The van der Waals surface area contributed by atoms with Gasteiger partial charge in [-0.15, -0.1) is 0 Å². The monoisotopic (exact) mass is 411 g/mol. The van der Waals surface area contributed by atoms with Crippen LogP contribution in [0.15, 0.2) is 108 Å². The molecule has 5 aromatic rings. The summed E-state index contributed by atoms with van der Waals surface area (Å²) in [5.41, 5.74) is 7.30. The molecule has 0 saturated carbocycles. The Kier molecular flexibility index (Phi) is 5.39. The van der Waals surface area contributed by atoms with E-state index in [1.807, 2.05) is 13.3 Å². The number of benzene rings is 5. The first-order chi connectivity index (χ1) is 15.8. The van der Waals surface area contributed by atoms with Crippen LogP contribution < -0.4 is 0 Å². The summed E-state index contributed by atoms with van der Waals surface area (Å²) < 4.78 is 0. The molecule has 154 valence electrons. The van der Waals surface area contributed by atoms with Gasteiger partial charge in [-0.2, -0.15) is 0 Å². The lowest BCUT2D eigenvalue weighted by Crippen LogP contribution is -1.94. The van der Waals surface area contributed by atoms with Crippen LogP contribution in [0.3, 0.4) is 0 Å². The predicted octanol–water partition coefficient (Wildman–Crippen LogP) is 8.27. The molecule has 1 heteroatoms. The van der Waals surface area contributed by atoms with Crippen molar-refractivity contribution in [3.05, 3.63) is 120 Å². The number of fused-ring (bicyclic) bond motifs is 3. The summed E-state index contributed by atoms with van der Waals surface area (Å²) >= 11 is 0. The fourth-order valence-corrected chi connectivity index (χ4v) is 4.49. The summed E-state index contributed by atoms with van der Waals surface area (Å²) in [7, 11) is 1.84. The van der Waals surface area contributed by atoms with E-state index in [2.05, 4.69) is 121 Å². The Bertz CT molecular complexity index is 1470. The van der Waals surface area contributed by atoms with Crippen molar-refractivity contribution < 1.29 is 0 Å². The first-order valence-corrected chi connectivity index (χ1v) is 11.0. The molecule has 0 fully saturated rings. The van der Waals surface area contributed by atoms with E-state index in [-0.39, 0.29) is 0 Å². The molecule has 0 bridgehead atoms. The summed E-state index contributed by atoms with van der Waals surface area (Å²) in [6.45, 7) is 2.20. The molecule has 0 amide bonds. The van der Waals surface area contributed by atoms with Crippen LogP contribution in [-0.4, -0.2) is 13.3 Å². The molecule has 0 saturated heterocycles. The largest absolute Gasteiger partial charge is 0.296 e. The van der Waals surface area contributed by atoms with Crippen molar-refractivity contribution >= 4 is 39.4 Å². The molecule has 5 aromatic carbocycles. The van der Waals surface area contributed by atoms with Gasteiger partial charge in [-0.25, -0.2) is 0 Å². The van der Waals surface area contributed by atoms with Gasteiger partial charge in [0.1, 0.15) is 0 Å². The third-order valence-corrected chi connectivity index (χ3v) is 6.06. The van der Waals surface area contributed by atoms with Crippen LogP contribution in [0.25, 0.3) is 44.3 Å². The highest BCUT2D eigenvalue weighted by Crippen LogP contribution is 2.35. The van der Waals surface area contributed by atoms with Crippen molar-refractivity contribution in [2.24, 2.45) is 4.99 Å². The SMILES string of the molecule is CN=Cc1c(/C=C(\C)c2cccc(-c3ccccc3)c2)c2ccccc2c2ccccc12. The molecule has 0 aliphatic rings. The number of allylic oxidation sites excluding steroid dienone is 1. The normalized spacial score (nSPS) is 12.1. The van der Waals surface area contributed by atoms with Crippen LogP contribution >= 0.6 is 0 Å². The smallest absolute Gasteiger partial charge is 0.0293 e. The fourth-order valence-electron chi connectivity index (χ4n) is 4.49. The minimum absolute atomic E-state index is 1.17. The molecule has 32 heavy (non-hydrogen) atoms. The molecule has 0 aliphatic carbocycles. The van der Waals surface area contributed by atoms with Gasteiger partial charge in [-0.3, -0.25) is 4.99 Å². The average Bonchev–Trinajstić information content (AvgIpc) is 2.86. The van der Waals surface area contributed by atoms with E-state index >= 15 is 0 Å². The minimum atomic E-state index is 1.17. The molecule has 0 heterocycles. The van der Waals surface area contributed by atoms with Crippen LogP contribution in [0.2, 0.25) is 0 Å². The summed E-state index contributed by atoms with van der Waals surface area (Å²) in [5.74, 6) is 0. The van der Waals surface area contributed by atoms with E-state index in [9.17, 15) is 0 Å². The average molecular weight is 412 g/mol. The number of aliphatic imine (C=N–C) groups is 1. The van der Waals surface area contributed by atoms with E-state index in [0.717, 1.165) is 0 Å². The first-order valence-electron chi connectivity index (χ1n) is 11.0. The van der Waals surface area contributed by atoms with E-state index in [1.165, 1.54) is 54.9 Å². The molecule has 5 rings (SSSR count). The lowest BCUT2D eigenvalue weighted by Gasteiger charge is -2.14. The summed E-state index contributed by atoms with van der Waals surface area (Å²) in [5, 5.41) is 5.01. The summed E-state index contributed by atoms with van der Waals surface area (Å²) in [6.07, 6.45) is 4.31. The topological polar surface area (TPSA) is 12.4 Å². The maximum absolute atomic E-state index is 4.40. The third kappa shape index (κ3) is 3.63. The van der Waals surface area contributed by atoms with Gasteiger partial charge in [-0.1, -0.05) is 103 Å². The number of nitrogens with zero attached hydrogens (tertiary/aromatic N) is 1. The molecule has 0 spiro atoms. The van der Waals surface area contributed by atoms with Gasteiger partial charge in [0.05, 0.1) is 0 Å². The standard InChI is InChI=1S/C31H25N/c1-22(24-13-10-14-25(20-24)23-11-4-3-5-12-23)19-30-28-17-8-6-15-26(28)27-16-7-9-18-29(27)31(30)21-32-2/h3-21H,1-2H3/b22-19+,32-21?. The van der Waals surface area contributed by atoms with Gasteiger partial charge in [-0.05, 0) is 62.4 Å². The van der Waals surface area contributed by atoms with Crippen molar-refractivity contribution in [2.45, 2.75) is 6.92 Å². The lowest BCUT2D eigenvalue weighted by molar-refractivity contribution is 1.47. The molecule has 0 N–H and O–H groups in total. The highest BCUT2D eigenvalue weighted by Gasteiger charge is 2.12. The zero-order chi connectivity index (χ0) is 21.9. The number of hydrogen-bond acceptors (Lipinski definition) is 1. The zero-order valence-electron chi connectivity index (χ0n) is 18.4. The molecular weight excluding hydrogens is 386 g/mol. The van der Waals surface area contributed by atoms with Gasteiger partial charge >= 0.3 is 0 Å². The maximum Gasteiger partial charge on any atom is 0.0293 e. The van der Waals surface area contributed by atoms with Gasteiger partial charge in [0.2, 0.25) is 0 Å². The fraction of sp³-hybridized carbons (Fsp3) is 0.0645. The highest BCUT2D eigenvalue weighted by atomic mass is 14.6. The molecule has 1 nitrogen and oxygen atoms in total. The van der Waals surface area contributed by atoms with Gasteiger partial charge in [0.25, 0.3) is 0 Å². The Morgan fingerprint density at radius 2 is 1.16 bits per heavy atom. The molecule has 0 atom stereocenters. The lowest BCUT2D eigenvalue weighted by atomic mass is 9.90. The van der Waals surface area contributed by atoms with Crippen LogP contribution in [-0.2, 0) is 0 Å². The third-order valence-electron chi connectivity index (χ3n) is 6.06. The van der Waals surface area contributed by atoms with Gasteiger partial charge in [0.15, 0.2) is 0 Å². The molecule has 0 radical (unpaired) electrons. The van der Waals surface area contributed by atoms with Crippen molar-refractivity contribution in [1.82, 2.24) is 0 Å². The van der Waals surface area contributed by atoms with E-state index in [1.54, 1.807) is 0 Å². The Labute approximate surface area is 189 Å². The Hall–Kier alpha value is -3.97. The van der Waals surface area contributed by atoms with Crippen LogP contribution in [0.1, 0.15) is 23.6 Å².